The van der Waals surface area contributed by atoms with Crippen molar-refractivity contribution in [3.05, 3.63) is 65.3 Å². The number of amides is 1. The molecule has 5 nitrogen and oxygen atoms in total. The smallest absolute Gasteiger partial charge is 0.319 e. The van der Waals surface area contributed by atoms with Crippen LogP contribution in [0.2, 0.25) is 5.02 Å². The Hall–Kier alpha value is -2.21. The second kappa shape index (κ2) is 8.50. The molecule has 2 radical (unpaired) electrons. The lowest BCUT2D eigenvalue weighted by Crippen LogP contribution is -2.58. The van der Waals surface area contributed by atoms with Crippen LogP contribution in [0.4, 0.5) is 5.69 Å². The summed E-state index contributed by atoms with van der Waals surface area (Å²) in [5, 5.41) is 0.632. The Balaban J connectivity index is 1.94. The van der Waals surface area contributed by atoms with Crippen LogP contribution in [0.1, 0.15) is 48.7 Å². The number of aromatic amines is 1. The molecular weight excluding hydrogens is 398 g/mol. The van der Waals surface area contributed by atoms with Crippen LogP contribution >= 0.6 is 11.6 Å². The zero-order valence-corrected chi connectivity index (χ0v) is 18.2. The summed E-state index contributed by atoms with van der Waals surface area (Å²) in [6.45, 7) is 9.12. The van der Waals surface area contributed by atoms with E-state index in [1.165, 1.54) is 0 Å². The Morgan fingerprint density at radius 2 is 2.07 bits per heavy atom. The molecule has 30 heavy (non-hydrogen) atoms. The number of hydrogen-bond donors (Lipinski definition) is 1. The lowest BCUT2D eigenvalue weighted by molar-refractivity contribution is -0.133. The average molecular weight is 425 g/mol. The maximum atomic E-state index is 13.8. The van der Waals surface area contributed by atoms with Gasteiger partial charge in [0.25, 0.3) is 0 Å². The van der Waals surface area contributed by atoms with Crippen molar-refractivity contribution < 1.29 is 9.53 Å². The first-order chi connectivity index (χ1) is 14.5. The number of likely N-dealkylation sites (tertiary alicyclic amines) is 1. The van der Waals surface area contributed by atoms with Gasteiger partial charge in [0.1, 0.15) is 12.3 Å². The van der Waals surface area contributed by atoms with Crippen molar-refractivity contribution in [3.8, 4) is 0 Å². The molecule has 2 atom stereocenters. The predicted octanol–water partition coefficient (Wildman–Crippen LogP) is 5.38. The van der Waals surface area contributed by atoms with Gasteiger partial charge in [0, 0.05) is 23.8 Å². The number of H-pyrrole nitrogens is 1. The number of methoxy groups -OCH3 is 1. The number of carbonyl (C=O) groups is 1. The Morgan fingerprint density at radius 3 is 2.83 bits per heavy atom. The molecule has 1 aliphatic rings. The molecule has 1 saturated heterocycles. The number of aryl methyl sites for hydroxylation is 1. The van der Waals surface area contributed by atoms with Gasteiger partial charge >= 0.3 is 5.91 Å². The SMILES string of the molecule is [CH]c1ccc([N+]2([C@@H](COC)c3nc4cc(Cl)ccc4[nH]3)CCCCCC2=O)c(C)c1. The van der Waals surface area contributed by atoms with Crippen LogP contribution in [-0.4, -0.2) is 36.1 Å². The second-order valence-electron chi connectivity index (χ2n) is 8.10. The molecule has 0 bridgehead atoms. The number of ether oxygens (including phenoxy) is 1. The lowest BCUT2D eigenvalue weighted by atomic mass is 10.0. The molecule has 1 unspecified atom stereocenters. The average Bonchev–Trinajstić information content (AvgIpc) is 3.02. The molecule has 6 heteroatoms. The molecule has 1 aromatic heterocycles. The topological polar surface area (TPSA) is 55.0 Å². The number of aromatic nitrogens is 2. The summed E-state index contributed by atoms with van der Waals surface area (Å²) in [4.78, 5) is 22.0. The summed E-state index contributed by atoms with van der Waals surface area (Å²) in [7, 11) is 1.67. The molecule has 4 rings (SSSR count). The summed E-state index contributed by atoms with van der Waals surface area (Å²) in [6, 6.07) is 11.1. The fourth-order valence-electron chi connectivity index (χ4n) is 4.75. The third-order valence-corrected chi connectivity index (χ3v) is 6.37. The monoisotopic (exact) mass is 424 g/mol. The number of nitrogens with zero attached hydrogens (tertiary/aromatic N) is 2. The van der Waals surface area contributed by atoms with Crippen LogP contribution in [0.3, 0.4) is 0 Å². The standard InChI is InChI=1S/C24H27ClN3O2/c1-16-8-11-21(17(2)13-16)28(12-6-4-5-7-23(28)29)22(15-30-3)24-26-19-10-9-18(25)14-20(19)27-24/h1,8-11,13-14,22H,4-7,12,15H2,2-3H3,(H,26,27)/q+1/t22-,28?/m0/s1. The van der Waals surface area contributed by atoms with Crippen molar-refractivity contribution in [2.45, 2.75) is 38.6 Å². The first-order valence-corrected chi connectivity index (χ1v) is 10.8. The van der Waals surface area contributed by atoms with E-state index in [-0.39, 0.29) is 16.4 Å². The third-order valence-electron chi connectivity index (χ3n) is 6.13. The quantitative estimate of drug-likeness (QED) is 0.559. The number of hydrogen-bond acceptors (Lipinski definition) is 3. The molecule has 2 aromatic carbocycles. The minimum atomic E-state index is -0.297. The minimum Gasteiger partial charge on any atom is -0.378 e. The Kier molecular flexibility index (Phi) is 5.96. The van der Waals surface area contributed by atoms with E-state index in [4.69, 9.17) is 28.2 Å². The number of benzene rings is 2. The number of halogens is 1. The molecule has 1 N–H and O–H groups in total. The van der Waals surface area contributed by atoms with Crippen LogP contribution in [0.5, 0.6) is 0 Å². The van der Waals surface area contributed by atoms with Gasteiger partial charge in [-0.1, -0.05) is 17.7 Å². The highest BCUT2D eigenvalue weighted by atomic mass is 35.5. The Bertz CT molecular complexity index is 1080. The van der Waals surface area contributed by atoms with Gasteiger partial charge in [0.15, 0.2) is 11.9 Å². The second-order valence-corrected chi connectivity index (χ2v) is 8.53. The van der Waals surface area contributed by atoms with Gasteiger partial charge in [-0.15, -0.1) is 0 Å². The lowest BCUT2D eigenvalue weighted by Gasteiger charge is -2.41. The minimum absolute atomic E-state index is 0.188. The Morgan fingerprint density at radius 1 is 1.23 bits per heavy atom. The molecule has 1 aliphatic heterocycles. The van der Waals surface area contributed by atoms with Crippen molar-refractivity contribution in [2.24, 2.45) is 0 Å². The molecule has 1 fully saturated rings. The van der Waals surface area contributed by atoms with Crippen molar-refractivity contribution in [2.75, 3.05) is 20.3 Å². The summed E-state index contributed by atoms with van der Waals surface area (Å²) in [5.41, 5.74) is 4.35. The summed E-state index contributed by atoms with van der Waals surface area (Å²) in [5.74, 6) is 0.932. The summed E-state index contributed by atoms with van der Waals surface area (Å²) < 4.78 is 5.84. The van der Waals surface area contributed by atoms with Gasteiger partial charge in [-0.05, 0) is 62.9 Å². The molecule has 156 valence electrons. The fraction of sp³-hybridized carbons (Fsp3) is 0.375. The zero-order valence-electron chi connectivity index (χ0n) is 17.5. The van der Waals surface area contributed by atoms with E-state index in [1.54, 1.807) is 7.11 Å². The van der Waals surface area contributed by atoms with Crippen molar-refractivity contribution >= 4 is 34.2 Å². The number of fused-ring (bicyclic) bond motifs is 1. The van der Waals surface area contributed by atoms with Gasteiger partial charge in [-0.2, -0.15) is 0 Å². The van der Waals surface area contributed by atoms with Gasteiger partial charge in [0.05, 0.1) is 24.0 Å². The number of nitrogens with one attached hydrogen (secondary N) is 1. The molecular formula is C24H27ClN3O2+. The van der Waals surface area contributed by atoms with E-state index in [2.05, 4.69) is 4.98 Å². The van der Waals surface area contributed by atoms with E-state index < -0.39 is 0 Å². The van der Waals surface area contributed by atoms with E-state index in [0.29, 0.717) is 30.2 Å². The molecule has 0 spiro atoms. The highest BCUT2D eigenvalue weighted by Crippen LogP contribution is 2.41. The van der Waals surface area contributed by atoms with E-state index >= 15 is 0 Å². The van der Waals surface area contributed by atoms with Crippen molar-refractivity contribution in [1.82, 2.24) is 14.5 Å². The van der Waals surface area contributed by atoms with Crippen LogP contribution in [0.25, 0.3) is 11.0 Å². The van der Waals surface area contributed by atoms with Crippen LogP contribution in [0.15, 0.2) is 36.4 Å². The largest absolute Gasteiger partial charge is 0.378 e. The van der Waals surface area contributed by atoms with Crippen LogP contribution in [-0.2, 0) is 9.53 Å². The van der Waals surface area contributed by atoms with Crippen molar-refractivity contribution in [3.63, 3.8) is 0 Å². The van der Waals surface area contributed by atoms with E-state index in [0.717, 1.165) is 47.4 Å². The van der Waals surface area contributed by atoms with Gasteiger partial charge in [-0.3, -0.25) is 0 Å². The number of rotatable bonds is 5. The van der Waals surface area contributed by atoms with Crippen molar-refractivity contribution in [1.29, 1.82) is 0 Å². The fourth-order valence-corrected chi connectivity index (χ4v) is 4.91. The number of carbonyl (C=O) groups excluding carboxylic acids is 1. The van der Waals surface area contributed by atoms with Gasteiger partial charge in [-0.25, -0.2) is 14.3 Å². The molecule has 1 amide bonds. The first-order valence-electron chi connectivity index (χ1n) is 10.4. The normalized spacial score (nSPS) is 21.0. The molecule has 0 aliphatic carbocycles. The van der Waals surface area contributed by atoms with Crippen LogP contribution in [0, 0.1) is 13.8 Å². The number of imidazole rings is 1. The maximum absolute atomic E-state index is 13.8. The van der Waals surface area contributed by atoms with E-state index in [1.807, 2.05) is 43.3 Å². The van der Waals surface area contributed by atoms with Gasteiger partial charge in [0.2, 0.25) is 0 Å². The first kappa shape index (κ1) is 21.0. The molecule has 3 aromatic rings. The van der Waals surface area contributed by atoms with Crippen LogP contribution < -0.4 is 4.48 Å². The molecule has 0 saturated carbocycles. The zero-order chi connectivity index (χ0) is 21.3. The van der Waals surface area contributed by atoms with Gasteiger partial charge < -0.3 is 9.72 Å². The summed E-state index contributed by atoms with van der Waals surface area (Å²) >= 11 is 6.17. The third kappa shape index (κ3) is 3.66. The Labute approximate surface area is 182 Å². The maximum Gasteiger partial charge on any atom is 0.319 e. The number of quaternary nitrogens is 1. The van der Waals surface area contributed by atoms with E-state index in [9.17, 15) is 4.79 Å². The molecule has 2 heterocycles. The predicted molar refractivity (Wildman–Crippen MR) is 120 cm³/mol. The highest BCUT2D eigenvalue weighted by Gasteiger charge is 2.49. The summed E-state index contributed by atoms with van der Waals surface area (Å²) in [6.07, 6.45) is 3.44. The highest BCUT2D eigenvalue weighted by molar-refractivity contribution is 6.31.